The third-order valence-corrected chi connectivity index (χ3v) is 3.08. The van der Waals surface area contributed by atoms with Crippen molar-refractivity contribution in [1.82, 2.24) is 0 Å². The molecule has 1 fully saturated rings. The van der Waals surface area contributed by atoms with E-state index in [9.17, 15) is 5.21 Å². The molecule has 0 atom stereocenters. The third kappa shape index (κ3) is 2.28. The molecule has 88 valence electrons. The van der Waals surface area contributed by atoms with Crippen LogP contribution >= 0.6 is 0 Å². The molecule has 0 bridgehead atoms. The fraction of sp³-hybridized carbons (Fsp3) is 0.500. The number of piperazine rings is 1. The van der Waals surface area contributed by atoms with Gasteiger partial charge in [0, 0.05) is 11.8 Å². The Morgan fingerprint density at radius 1 is 1.31 bits per heavy atom. The zero-order valence-corrected chi connectivity index (χ0v) is 9.82. The lowest BCUT2D eigenvalue weighted by Crippen LogP contribution is -3.10. The number of nitrogens with zero attached hydrogens (tertiary/aromatic N) is 1. The summed E-state index contributed by atoms with van der Waals surface area (Å²) >= 11 is 0. The quantitative estimate of drug-likeness (QED) is 0.727. The Bertz CT molecular complexity index is 360. The van der Waals surface area contributed by atoms with Crippen molar-refractivity contribution in [3.63, 3.8) is 0 Å². The topological polar surface area (TPSA) is 40.0 Å². The van der Waals surface area contributed by atoms with Crippen LogP contribution in [0, 0.1) is 12.1 Å². The first-order chi connectivity index (χ1) is 7.70. The van der Waals surface area contributed by atoms with Crippen LogP contribution in [0.3, 0.4) is 0 Å². The molecule has 1 aromatic rings. The lowest BCUT2D eigenvalue weighted by Gasteiger charge is -2.36. The highest BCUT2D eigenvalue weighted by Gasteiger charge is 2.17. The van der Waals surface area contributed by atoms with E-state index in [4.69, 9.17) is 4.74 Å². The fourth-order valence-electron chi connectivity index (χ4n) is 2.05. The summed E-state index contributed by atoms with van der Waals surface area (Å²) in [5.41, 5.74) is 2.42. The van der Waals surface area contributed by atoms with Crippen molar-refractivity contribution in [2.45, 2.75) is 6.92 Å². The highest BCUT2D eigenvalue weighted by atomic mass is 16.5. The van der Waals surface area contributed by atoms with Crippen molar-refractivity contribution in [3.8, 4) is 5.75 Å². The Hall–Kier alpha value is -1.26. The van der Waals surface area contributed by atoms with Gasteiger partial charge in [0.15, 0.2) is 0 Å². The van der Waals surface area contributed by atoms with Crippen LogP contribution < -0.4 is 14.7 Å². The summed E-state index contributed by atoms with van der Waals surface area (Å²) in [5, 5.41) is 11.6. The van der Waals surface area contributed by atoms with Gasteiger partial charge in [0.2, 0.25) is 0 Å². The highest BCUT2D eigenvalue weighted by molar-refractivity contribution is 5.56. The average molecular weight is 222 g/mol. The molecular weight excluding hydrogens is 204 g/mol. The molecule has 1 aliphatic rings. The summed E-state index contributed by atoms with van der Waals surface area (Å²) < 4.78 is 5.23. The molecule has 2 rings (SSSR count). The first-order valence-electron chi connectivity index (χ1n) is 5.62. The Labute approximate surface area is 96.0 Å². The van der Waals surface area contributed by atoms with Gasteiger partial charge in [-0.1, -0.05) is 6.07 Å². The third-order valence-electron chi connectivity index (χ3n) is 3.08. The van der Waals surface area contributed by atoms with Crippen molar-refractivity contribution >= 4 is 5.69 Å². The maximum atomic E-state index is 11.2. The van der Waals surface area contributed by atoms with E-state index in [0.29, 0.717) is 18.2 Å². The van der Waals surface area contributed by atoms with Gasteiger partial charge in [-0.05, 0) is 18.6 Å². The Balaban J connectivity index is 2.19. The summed E-state index contributed by atoms with van der Waals surface area (Å²) in [6, 6.07) is 6.07. The smallest absolute Gasteiger partial charge is 0.120 e. The minimum atomic E-state index is 0.372. The fourth-order valence-corrected chi connectivity index (χ4v) is 2.05. The standard InChI is InChI=1S/C12H18N2O2/c1-10-3-4-11(16-2)9-12(10)13-5-7-14(15)8-6-13/h3-4,9,14H,5-8H2,1-2H3. The van der Waals surface area contributed by atoms with E-state index < -0.39 is 0 Å². The molecule has 0 unspecified atom stereocenters. The number of benzene rings is 1. The van der Waals surface area contributed by atoms with Crippen molar-refractivity contribution in [3.05, 3.63) is 29.0 Å². The van der Waals surface area contributed by atoms with Crippen molar-refractivity contribution in [2.24, 2.45) is 0 Å². The lowest BCUT2D eigenvalue weighted by molar-refractivity contribution is -0.848. The normalized spacial score (nSPS) is 17.6. The second kappa shape index (κ2) is 4.72. The van der Waals surface area contributed by atoms with Crippen molar-refractivity contribution in [1.29, 1.82) is 0 Å². The highest BCUT2D eigenvalue weighted by Crippen LogP contribution is 2.25. The van der Waals surface area contributed by atoms with Crippen LogP contribution in [0.4, 0.5) is 5.69 Å². The van der Waals surface area contributed by atoms with Gasteiger partial charge in [-0.25, -0.2) is 0 Å². The Morgan fingerprint density at radius 3 is 2.62 bits per heavy atom. The molecule has 1 aromatic carbocycles. The van der Waals surface area contributed by atoms with Gasteiger partial charge in [0.1, 0.15) is 5.75 Å². The van der Waals surface area contributed by atoms with E-state index in [1.54, 1.807) is 7.11 Å². The van der Waals surface area contributed by atoms with Crippen molar-refractivity contribution < 1.29 is 9.80 Å². The van der Waals surface area contributed by atoms with E-state index in [0.717, 1.165) is 18.8 Å². The largest absolute Gasteiger partial charge is 0.634 e. The zero-order valence-electron chi connectivity index (χ0n) is 9.82. The first kappa shape index (κ1) is 11.2. The molecular formula is C12H18N2O2. The van der Waals surface area contributed by atoms with Gasteiger partial charge < -0.3 is 19.9 Å². The van der Waals surface area contributed by atoms with Gasteiger partial charge in [-0.15, -0.1) is 0 Å². The second-order valence-corrected chi connectivity index (χ2v) is 4.18. The molecule has 4 heteroatoms. The molecule has 1 saturated heterocycles. The maximum Gasteiger partial charge on any atom is 0.120 e. The molecule has 0 aromatic heterocycles. The Morgan fingerprint density at radius 2 is 2.00 bits per heavy atom. The molecule has 0 spiro atoms. The van der Waals surface area contributed by atoms with Crippen LogP contribution in [-0.2, 0) is 0 Å². The molecule has 0 radical (unpaired) electrons. The minimum Gasteiger partial charge on any atom is -0.634 e. The van der Waals surface area contributed by atoms with Crippen molar-refractivity contribution in [2.75, 3.05) is 38.2 Å². The number of rotatable bonds is 2. The molecule has 1 heterocycles. The van der Waals surface area contributed by atoms with Crippen LogP contribution in [0.5, 0.6) is 5.75 Å². The molecule has 1 N–H and O–H groups in total. The molecule has 0 aliphatic carbocycles. The monoisotopic (exact) mass is 222 g/mol. The van der Waals surface area contributed by atoms with Crippen LogP contribution in [-0.4, -0.2) is 33.3 Å². The average Bonchev–Trinajstić information content (AvgIpc) is 2.31. The number of nitrogens with one attached hydrogen (secondary N) is 1. The summed E-state index contributed by atoms with van der Waals surface area (Å²) in [4.78, 5) is 2.26. The summed E-state index contributed by atoms with van der Waals surface area (Å²) in [5.74, 6) is 0.873. The van der Waals surface area contributed by atoms with Gasteiger partial charge >= 0.3 is 0 Å². The lowest BCUT2D eigenvalue weighted by atomic mass is 10.1. The predicted octanol–water partition coefficient (Wildman–Crippen LogP) is 0.206. The number of aryl methyl sites for hydroxylation is 1. The Kier molecular flexibility index (Phi) is 3.31. The number of anilines is 1. The number of hydrogen-bond donors (Lipinski definition) is 1. The van der Waals surface area contributed by atoms with Crippen LogP contribution in [0.2, 0.25) is 0 Å². The van der Waals surface area contributed by atoms with Crippen LogP contribution in [0.25, 0.3) is 0 Å². The van der Waals surface area contributed by atoms with Gasteiger partial charge in [-0.3, -0.25) is 0 Å². The van der Waals surface area contributed by atoms with Gasteiger partial charge in [0.25, 0.3) is 0 Å². The maximum absolute atomic E-state index is 11.2. The van der Waals surface area contributed by atoms with Gasteiger partial charge in [-0.2, -0.15) is 0 Å². The number of methoxy groups -OCH3 is 1. The summed E-state index contributed by atoms with van der Waals surface area (Å²) in [6.45, 7) is 5.07. The van der Waals surface area contributed by atoms with Gasteiger partial charge in [0.05, 0.1) is 33.3 Å². The van der Waals surface area contributed by atoms with Crippen LogP contribution in [0.15, 0.2) is 18.2 Å². The first-order valence-corrected chi connectivity index (χ1v) is 5.62. The number of quaternary nitrogens is 1. The number of hydrogen-bond acceptors (Lipinski definition) is 3. The van der Waals surface area contributed by atoms with E-state index in [1.165, 1.54) is 11.3 Å². The molecule has 4 nitrogen and oxygen atoms in total. The number of ether oxygens (including phenoxy) is 1. The molecule has 1 aliphatic heterocycles. The number of hydroxylamine groups is 2. The van der Waals surface area contributed by atoms with E-state index in [1.807, 2.05) is 12.1 Å². The zero-order chi connectivity index (χ0) is 11.5. The van der Waals surface area contributed by atoms with Crippen LogP contribution in [0.1, 0.15) is 5.56 Å². The van der Waals surface area contributed by atoms with E-state index in [-0.39, 0.29) is 0 Å². The predicted molar refractivity (Wildman–Crippen MR) is 64.0 cm³/mol. The second-order valence-electron chi connectivity index (χ2n) is 4.18. The van der Waals surface area contributed by atoms with E-state index >= 15 is 0 Å². The minimum absolute atomic E-state index is 0.372. The summed E-state index contributed by atoms with van der Waals surface area (Å²) in [6.07, 6.45) is 0. The molecule has 16 heavy (non-hydrogen) atoms. The summed E-state index contributed by atoms with van der Waals surface area (Å²) in [7, 11) is 1.67. The molecule has 0 amide bonds. The molecule has 0 saturated carbocycles. The van der Waals surface area contributed by atoms with E-state index in [2.05, 4.69) is 17.9 Å². The SMILES string of the molecule is COc1ccc(C)c(N2CC[NH+]([O-])CC2)c1.